The minimum Gasteiger partial charge on any atom is -0.484 e. The van der Waals surface area contributed by atoms with Gasteiger partial charge in [-0.25, -0.2) is 8.42 Å². The van der Waals surface area contributed by atoms with Crippen LogP contribution in [0.5, 0.6) is 5.75 Å². The molecule has 0 unspecified atom stereocenters. The normalized spacial score (nSPS) is 16.6. The number of ether oxygens (including phenoxy) is 1. The van der Waals surface area contributed by atoms with Crippen molar-refractivity contribution in [3.05, 3.63) is 28.8 Å². The van der Waals surface area contributed by atoms with Crippen LogP contribution in [0.2, 0.25) is 5.02 Å². The molecule has 8 heteroatoms. The standard InChI is InChI=1S/C14H19ClN2O4S/c1-11-9-12(3-4-13(11)15)21-10-14(18)16-5-7-17(8-6-16)22(2,19)20/h3-4,9H,5-8,10H2,1-2H3. The first-order valence-electron chi connectivity index (χ1n) is 6.89. The molecule has 1 heterocycles. The van der Waals surface area contributed by atoms with E-state index in [2.05, 4.69) is 0 Å². The Morgan fingerprint density at radius 3 is 2.45 bits per heavy atom. The van der Waals surface area contributed by atoms with Crippen molar-refractivity contribution < 1.29 is 17.9 Å². The van der Waals surface area contributed by atoms with Crippen molar-refractivity contribution in [2.24, 2.45) is 0 Å². The predicted molar refractivity (Wildman–Crippen MR) is 84.7 cm³/mol. The summed E-state index contributed by atoms with van der Waals surface area (Å²) in [5.74, 6) is 0.436. The smallest absolute Gasteiger partial charge is 0.260 e. The SMILES string of the molecule is Cc1cc(OCC(=O)N2CCN(S(C)(=O)=O)CC2)ccc1Cl. The van der Waals surface area contributed by atoms with Crippen molar-refractivity contribution in [2.45, 2.75) is 6.92 Å². The molecule has 1 aromatic carbocycles. The number of benzene rings is 1. The molecule has 0 spiro atoms. The summed E-state index contributed by atoms with van der Waals surface area (Å²) < 4.78 is 29.7. The van der Waals surface area contributed by atoms with Crippen LogP contribution in [0, 0.1) is 6.92 Å². The predicted octanol–water partition coefficient (Wildman–Crippen LogP) is 1.13. The zero-order valence-corrected chi connectivity index (χ0v) is 14.2. The van der Waals surface area contributed by atoms with E-state index in [9.17, 15) is 13.2 Å². The lowest BCUT2D eigenvalue weighted by Crippen LogP contribution is -2.51. The van der Waals surface area contributed by atoms with Gasteiger partial charge in [0.05, 0.1) is 6.26 Å². The lowest BCUT2D eigenvalue weighted by molar-refractivity contribution is -0.134. The van der Waals surface area contributed by atoms with Crippen LogP contribution in [-0.4, -0.2) is 62.6 Å². The largest absolute Gasteiger partial charge is 0.484 e. The minimum absolute atomic E-state index is 0.0695. The Hall–Kier alpha value is -1.31. The molecule has 0 radical (unpaired) electrons. The van der Waals surface area contributed by atoms with E-state index in [1.165, 1.54) is 10.6 Å². The maximum Gasteiger partial charge on any atom is 0.260 e. The highest BCUT2D eigenvalue weighted by molar-refractivity contribution is 7.88. The Labute approximate surface area is 135 Å². The number of nitrogens with zero attached hydrogens (tertiary/aromatic N) is 2. The third-order valence-electron chi connectivity index (χ3n) is 3.55. The molecule has 1 aliphatic rings. The molecule has 0 aromatic heterocycles. The van der Waals surface area contributed by atoms with Crippen LogP contribution in [0.1, 0.15) is 5.56 Å². The summed E-state index contributed by atoms with van der Waals surface area (Å²) >= 11 is 5.93. The lowest BCUT2D eigenvalue weighted by atomic mass is 10.2. The average molecular weight is 347 g/mol. The molecule has 0 aliphatic carbocycles. The molecule has 0 N–H and O–H groups in total. The van der Waals surface area contributed by atoms with Gasteiger partial charge >= 0.3 is 0 Å². The summed E-state index contributed by atoms with van der Waals surface area (Å²) in [6.07, 6.45) is 1.18. The summed E-state index contributed by atoms with van der Waals surface area (Å²) in [6.45, 7) is 3.21. The molecule has 2 rings (SSSR count). The molecular formula is C14H19ClN2O4S. The molecule has 1 aliphatic heterocycles. The van der Waals surface area contributed by atoms with Crippen molar-refractivity contribution in [3.8, 4) is 5.75 Å². The Balaban J connectivity index is 1.85. The summed E-state index contributed by atoms with van der Waals surface area (Å²) in [7, 11) is -3.19. The molecule has 1 fully saturated rings. The Kier molecular flexibility index (Phi) is 5.31. The third kappa shape index (κ3) is 4.34. The van der Waals surface area contributed by atoms with Crippen LogP contribution in [-0.2, 0) is 14.8 Å². The summed E-state index contributed by atoms with van der Waals surface area (Å²) in [4.78, 5) is 13.7. The van der Waals surface area contributed by atoms with Crippen molar-refractivity contribution in [3.63, 3.8) is 0 Å². The number of hydrogen-bond acceptors (Lipinski definition) is 4. The highest BCUT2D eigenvalue weighted by Gasteiger charge is 2.26. The van der Waals surface area contributed by atoms with Gasteiger partial charge in [0, 0.05) is 31.2 Å². The fraction of sp³-hybridized carbons (Fsp3) is 0.500. The average Bonchev–Trinajstić information content (AvgIpc) is 2.47. The number of piperazine rings is 1. The Bertz CT molecular complexity index is 655. The van der Waals surface area contributed by atoms with E-state index < -0.39 is 10.0 Å². The van der Waals surface area contributed by atoms with E-state index in [0.29, 0.717) is 37.0 Å². The first-order chi connectivity index (χ1) is 10.3. The van der Waals surface area contributed by atoms with E-state index >= 15 is 0 Å². The van der Waals surface area contributed by atoms with Crippen LogP contribution >= 0.6 is 11.6 Å². The monoisotopic (exact) mass is 346 g/mol. The summed E-state index contributed by atoms with van der Waals surface area (Å²) in [6, 6.07) is 5.21. The topological polar surface area (TPSA) is 66.9 Å². The molecule has 1 saturated heterocycles. The van der Waals surface area contributed by atoms with Crippen LogP contribution < -0.4 is 4.74 Å². The van der Waals surface area contributed by atoms with Crippen molar-refractivity contribution in [1.82, 2.24) is 9.21 Å². The molecule has 122 valence electrons. The maximum absolute atomic E-state index is 12.1. The van der Waals surface area contributed by atoms with Gasteiger partial charge in [0.25, 0.3) is 5.91 Å². The number of carbonyl (C=O) groups excluding carboxylic acids is 1. The second-order valence-electron chi connectivity index (χ2n) is 5.24. The van der Waals surface area contributed by atoms with Crippen LogP contribution in [0.15, 0.2) is 18.2 Å². The quantitative estimate of drug-likeness (QED) is 0.819. The molecule has 0 bridgehead atoms. The number of carbonyl (C=O) groups is 1. The second kappa shape index (κ2) is 6.85. The minimum atomic E-state index is -3.19. The zero-order chi connectivity index (χ0) is 16.3. The maximum atomic E-state index is 12.1. The molecule has 1 amide bonds. The van der Waals surface area contributed by atoms with Crippen molar-refractivity contribution in [1.29, 1.82) is 0 Å². The van der Waals surface area contributed by atoms with Crippen LogP contribution in [0.4, 0.5) is 0 Å². The fourth-order valence-electron chi connectivity index (χ4n) is 2.21. The van der Waals surface area contributed by atoms with Gasteiger partial charge in [-0.1, -0.05) is 11.6 Å². The van der Waals surface area contributed by atoms with E-state index in [-0.39, 0.29) is 12.5 Å². The number of halogens is 1. The van der Waals surface area contributed by atoms with Crippen molar-refractivity contribution in [2.75, 3.05) is 39.0 Å². The van der Waals surface area contributed by atoms with Gasteiger partial charge in [-0.3, -0.25) is 4.79 Å². The van der Waals surface area contributed by atoms with Crippen molar-refractivity contribution >= 4 is 27.5 Å². The summed E-state index contributed by atoms with van der Waals surface area (Å²) in [5, 5.41) is 0.649. The molecular weight excluding hydrogens is 328 g/mol. The van der Waals surface area contributed by atoms with Crippen LogP contribution in [0.3, 0.4) is 0 Å². The van der Waals surface area contributed by atoms with Gasteiger partial charge < -0.3 is 9.64 Å². The number of sulfonamides is 1. The number of rotatable bonds is 4. The van der Waals surface area contributed by atoms with E-state index in [4.69, 9.17) is 16.3 Å². The van der Waals surface area contributed by atoms with Gasteiger partial charge in [0.15, 0.2) is 6.61 Å². The lowest BCUT2D eigenvalue weighted by Gasteiger charge is -2.33. The van der Waals surface area contributed by atoms with E-state index in [1.807, 2.05) is 6.92 Å². The number of amides is 1. The molecule has 6 nitrogen and oxygen atoms in total. The van der Waals surface area contributed by atoms with Gasteiger partial charge in [-0.15, -0.1) is 0 Å². The first kappa shape index (κ1) is 17.1. The highest BCUT2D eigenvalue weighted by atomic mass is 35.5. The first-order valence-corrected chi connectivity index (χ1v) is 9.12. The Morgan fingerprint density at radius 1 is 1.27 bits per heavy atom. The van der Waals surface area contributed by atoms with Crippen LogP contribution in [0.25, 0.3) is 0 Å². The van der Waals surface area contributed by atoms with Gasteiger partial charge in [0.1, 0.15) is 5.75 Å². The number of hydrogen-bond donors (Lipinski definition) is 0. The molecule has 22 heavy (non-hydrogen) atoms. The molecule has 0 saturated carbocycles. The fourth-order valence-corrected chi connectivity index (χ4v) is 3.16. The van der Waals surface area contributed by atoms with Gasteiger partial charge in [0.2, 0.25) is 10.0 Å². The summed E-state index contributed by atoms with van der Waals surface area (Å²) in [5.41, 5.74) is 0.883. The number of aryl methyl sites for hydroxylation is 1. The highest BCUT2D eigenvalue weighted by Crippen LogP contribution is 2.21. The molecule has 1 aromatic rings. The van der Waals surface area contributed by atoms with E-state index in [1.54, 1.807) is 23.1 Å². The van der Waals surface area contributed by atoms with Gasteiger partial charge in [-0.2, -0.15) is 4.31 Å². The second-order valence-corrected chi connectivity index (χ2v) is 7.63. The third-order valence-corrected chi connectivity index (χ3v) is 5.28. The van der Waals surface area contributed by atoms with Gasteiger partial charge in [-0.05, 0) is 30.7 Å². The zero-order valence-electron chi connectivity index (χ0n) is 12.6. The van der Waals surface area contributed by atoms with E-state index in [0.717, 1.165) is 5.56 Å². The Morgan fingerprint density at radius 2 is 1.91 bits per heavy atom. The molecule has 0 atom stereocenters.